The molecule has 0 bridgehead atoms. The summed E-state index contributed by atoms with van der Waals surface area (Å²) < 4.78 is 39.1. The zero-order valence-electron chi connectivity index (χ0n) is 22.2. The highest BCUT2D eigenvalue weighted by atomic mass is 19.4. The lowest BCUT2D eigenvalue weighted by molar-refractivity contribution is -0.137. The van der Waals surface area contributed by atoms with E-state index in [-0.39, 0.29) is 29.7 Å². The van der Waals surface area contributed by atoms with Crippen LogP contribution >= 0.6 is 0 Å². The second-order valence-electron chi connectivity index (χ2n) is 11.6. The monoisotopic (exact) mass is 538 g/mol. The number of nitrogens with zero attached hydrogens (tertiary/aromatic N) is 5. The van der Waals surface area contributed by atoms with Crippen molar-refractivity contribution >= 4 is 22.9 Å². The van der Waals surface area contributed by atoms with E-state index in [9.17, 15) is 18.0 Å². The zero-order valence-corrected chi connectivity index (χ0v) is 22.2. The van der Waals surface area contributed by atoms with E-state index in [1.807, 2.05) is 24.8 Å². The number of alkyl halides is 3. The molecule has 10 heteroatoms. The lowest BCUT2D eigenvalue weighted by Gasteiger charge is -2.59. The van der Waals surface area contributed by atoms with Crippen LogP contribution in [-0.4, -0.2) is 70.1 Å². The molecule has 1 spiro atoms. The molecule has 1 N–H and O–H groups in total. The molecule has 0 unspecified atom stereocenters. The number of benzene rings is 2. The molecule has 3 aliphatic rings. The Hall–Kier alpha value is -3.40. The number of likely N-dealkylation sites (tertiary alicyclic amines) is 1. The number of fused-ring (bicyclic) bond motifs is 1. The van der Waals surface area contributed by atoms with Gasteiger partial charge in [-0.3, -0.25) is 9.88 Å². The first-order valence-corrected chi connectivity index (χ1v) is 13.5. The van der Waals surface area contributed by atoms with E-state index < -0.39 is 11.7 Å². The first kappa shape index (κ1) is 25.9. The van der Waals surface area contributed by atoms with Gasteiger partial charge >= 0.3 is 12.2 Å². The normalized spacial score (nSPS) is 23.5. The van der Waals surface area contributed by atoms with Crippen LogP contribution in [0.1, 0.15) is 37.8 Å². The number of hydrogen-bond donors (Lipinski definition) is 1. The van der Waals surface area contributed by atoms with E-state index in [1.165, 1.54) is 17.8 Å². The molecule has 0 radical (unpaired) electrons. The van der Waals surface area contributed by atoms with E-state index >= 15 is 0 Å². The molecule has 39 heavy (non-hydrogen) atoms. The van der Waals surface area contributed by atoms with Crippen molar-refractivity contribution in [2.24, 2.45) is 5.41 Å². The standard InChI is InChI=1S/C29H33F3N6O/c1-19-14-37(26-13-33-25-10-22(29(30,31)32)8-9-24(25)35-26)15-20(2)38(19)27(39)34-23-11-28(12-23)17-36(18-28)16-21-6-4-3-5-7-21/h3-10,13,19-20,23H,11-12,14-18H2,1-2H3,(H,34,39)/t19-,20+. The summed E-state index contributed by atoms with van der Waals surface area (Å²) in [6, 6.07) is 14.0. The van der Waals surface area contributed by atoms with Crippen LogP contribution in [0, 0.1) is 5.41 Å². The fraction of sp³-hybridized carbons (Fsp3) is 0.483. The molecule has 2 amide bonds. The third-order valence-corrected chi connectivity index (χ3v) is 8.39. The second kappa shape index (κ2) is 9.66. The number of amides is 2. The minimum absolute atomic E-state index is 0.0285. The first-order valence-electron chi connectivity index (χ1n) is 13.5. The molecule has 7 nitrogen and oxygen atoms in total. The Morgan fingerprint density at radius 3 is 2.38 bits per heavy atom. The molecule has 3 fully saturated rings. The lowest BCUT2D eigenvalue weighted by Crippen LogP contribution is -2.68. The highest BCUT2D eigenvalue weighted by Crippen LogP contribution is 2.48. The van der Waals surface area contributed by atoms with Gasteiger partial charge < -0.3 is 15.1 Å². The Morgan fingerprint density at radius 1 is 1.03 bits per heavy atom. The summed E-state index contributed by atoms with van der Waals surface area (Å²) in [5.74, 6) is 0.604. The van der Waals surface area contributed by atoms with E-state index in [0.717, 1.165) is 44.6 Å². The van der Waals surface area contributed by atoms with E-state index in [4.69, 9.17) is 0 Å². The molecule has 1 aliphatic carbocycles. The predicted octanol–water partition coefficient (Wildman–Crippen LogP) is 4.92. The van der Waals surface area contributed by atoms with Crippen LogP contribution in [0.25, 0.3) is 11.0 Å². The van der Waals surface area contributed by atoms with Gasteiger partial charge in [0.25, 0.3) is 0 Å². The number of aromatic nitrogens is 2. The Balaban J connectivity index is 1.02. The number of rotatable bonds is 4. The van der Waals surface area contributed by atoms with Gasteiger partial charge in [0.15, 0.2) is 0 Å². The largest absolute Gasteiger partial charge is 0.416 e. The number of anilines is 1. The third kappa shape index (κ3) is 5.14. The quantitative estimate of drug-likeness (QED) is 0.511. The second-order valence-corrected chi connectivity index (χ2v) is 11.6. The third-order valence-electron chi connectivity index (χ3n) is 8.39. The van der Waals surface area contributed by atoms with Crippen LogP contribution in [0.2, 0.25) is 0 Å². The first-order chi connectivity index (χ1) is 18.6. The molecule has 2 atom stereocenters. The Morgan fingerprint density at radius 2 is 1.72 bits per heavy atom. The van der Waals surface area contributed by atoms with Crippen molar-refractivity contribution in [1.82, 2.24) is 25.1 Å². The fourth-order valence-corrected chi connectivity index (χ4v) is 6.69. The topological polar surface area (TPSA) is 64.6 Å². The smallest absolute Gasteiger partial charge is 0.351 e. The van der Waals surface area contributed by atoms with Crippen LogP contribution in [0.5, 0.6) is 0 Å². The van der Waals surface area contributed by atoms with Gasteiger partial charge in [0, 0.05) is 50.8 Å². The van der Waals surface area contributed by atoms with Gasteiger partial charge in [-0.2, -0.15) is 13.2 Å². The summed E-state index contributed by atoms with van der Waals surface area (Å²) in [5, 5.41) is 3.26. The maximum Gasteiger partial charge on any atom is 0.416 e. The number of hydrogen-bond acceptors (Lipinski definition) is 5. The van der Waals surface area contributed by atoms with Crippen molar-refractivity contribution in [3.05, 3.63) is 65.9 Å². The van der Waals surface area contributed by atoms with Gasteiger partial charge in [-0.15, -0.1) is 0 Å². The van der Waals surface area contributed by atoms with Crippen molar-refractivity contribution in [3.8, 4) is 0 Å². The number of carbonyl (C=O) groups excluding carboxylic acids is 1. The maximum absolute atomic E-state index is 13.2. The molecule has 1 aromatic heterocycles. The lowest BCUT2D eigenvalue weighted by atomic mass is 9.60. The van der Waals surface area contributed by atoms with E-state index in [0.29, 0.717) is 29.8 Å². The summed E-state index contributed by atoms with van der Waals surface area (Å²) in [7, 11) is 0. The SMILES string of the molecule is C[C@@H]1CN(c2cnc3cc(C(F)(F)F)ccc3n2)C[C@H](C)N1C(=O)NC1CC2(C1)CN(Cc1ccccc1)C2. The van der Waals surface area contributed by atoms with Gasteiger partial charge in [-0.1, -0.05) is 30.3 Å². The van der Waals surface area contributed by atoms with Gasteiger partial charge in [0.1, 0.15) is 5.82 Å². The number of nitrogens with one attached hydrogen (secondary N) is 1. The molecule has 1 saturated carbocycles. The van der Waals surface area contributed by atoms with Crippen molar-refractivity contribution in [1.29, 1.82) is 0 Å². The molecule has 6 rings (SSSR count). The Labute approximate surface area is 226 Å². The van der Waals surface area contributed by atoms with Crippen LogP contribution in [0.15, 0.2) is 54.7 Å². The summed E-state index contributed by atoms with van der Waals surface area (Å²) in [4.78, 5) is 28.5. The molecular weight excluding hydrogens is 505 g/mol. The maximum atomic E-state index is 13.2. The number of urea groups is 1. The summed E-state index contributed by atoms with van der Waals surface area (Å²) in [5.41, 5.74) is 1.57. The Kier molecular flexibility index (Phi) is 6.40. The zero-order chi connectivity index (χ0) is 27.4. The Bertz CT molecular complexity index is 1340. The predicted molar refractivity (Wildman–Crippen MR) is 143 cm³/mol. The highest BCUT2D eigenvalue weighted by molar-refractivity contribution is 5.77. The van der Waals surface area contributed by atoms with Crippen LogP contribution in [0.3, 0.4) is 0 Å². The van der Waals surface area contributed by atoms with Crippen molar-refractivity contribution < 1.29 is 18.0 Å². The van der Waals surface area contributed by atoms with Crippen LogP contribution in [-0.2, 0) is 12.7 Å². The van der Waals surface area contributed by atoms with Gasteiger partial charge in [0.05, 0.1) is 22.8 Å². The average molecular weight is 539 g/mol. The van der Waals surface area contributed by atoms with Gasteiger partial charge in [-0.25, -0.2) is 9.78 Å². The molecular formula is C29H33F3N6O. The summed E-state index contributed by atoms with van der Waals surface area (Å²) in [6.07, 6.45) is -0.854. The van der Waals surface area contributed by atoms with Crippen molar-refractivity contribution in [2.45, 2.75) is 57.5 Å². The summed E-state index contributed by atoms with van der Waals surface area (Å²) >= 11 is 0. The fourth-order valence-electron chi connectivity index (χ4n) is 6.69. The number of carbonyl (C=O) groups is 1. The molecule has 2 saturated heterocycles. The van der Waals surface area contributed by atoms with E-state index in [1.54, 1.807) is 0 Å². The molecule has 2 aliphatic heterocycles. The van der Waals surface area contributed by atoms with Crippen LogP contribution in [0.4, 0.5) is 23.8 Å². The van der Waals surface area contributed by atoms with Crippen molar-refractivity contribution in [2.75, 3.05) is 31.1 Å². The minimum Gasteiger partial charge on any atom is -0.351 e. The van der Waals surface area contributed by atoms with Crippen molar-refractivity contribution in [3.63, 3.8) is 0 Å². The summed E-state index contributed by atoms with van der Waals surface area (Å²) in [6.45, 7) is 8.33. The molecule has 3 aromatic rings. The van der Waals surface area contributed by atoms with E-state index in [2.05, 4.69) is 49.4 Å². The number of halogens is 3. The molecule has 3 heterocycles. The molecule has 2 aromatic carbocycles. The van der Waals surface area contributed by atoms with Gasteiger partial charge in [0.2, 0.25) is 0 Å². The average Bonchev–Trinajstić information content (AvgIpc) is 2.85. The van der Waals surface area contributed by atoms with Crippen LogP contribution < -0.4 is 10.2 Å². The minimum atomic E-state index is -4.42. The van der Waals surface area contributed by atoms with Gasteiger partial charge in [-0.05, 0) is 55.9 Å². The molecule has 206 valence electrons. The highest BCUT2D eigenvalue weighted by Gasteiger charge is 2.52. The number of piperazine rings is 1.